The van der Waals surface area contributed by atoms with Crippen LogP contribution in [0.1, 0.15) is 62.3 Å². The lowest BCUT2D eigenvalue weighted by Gasteiger charge is -2.21. The van der Waals surface area contributed by atoms with Crippen molar-refractivity contribution < 1.29 is 9.18 Å². The summed E-state index contributed by atoms with van der Waals surface area (Å²) in [5, 5.41) is 6.82. The maximum Gasteiger partial charge on any atom is 0.216 e. The summed E-state index contributed by atoms with van der Waals surface area (Å²) in [4.78, 5) is 13.7. The molecule has 0 aliphatic rings. The van der Waals surface area contributed by atoms with Gasteiger partial charge in [0.1, 0.15) is 0 Å². The molecule has 0 aliphatic carbocycles. The average Bonchev–Trinajstić information content (AvgIpc) is 3.20. The van der Waals surface area contributed by atoms with E-state index in [9.17, 15) is 9.18 Å². The van der Waals surface area contributed by atoms with Crippen LogP contribution < -0.4 is 0 Å². The molecule has 3 rings (SSSR count). The number of aryl methyl sites for hydroxylation is 1. The summed E-state index contributed by atoms with van der Waals surface area (Å²) >= 11 is 6.20. The predicted octanol–water partition coefficient (Wildman–Crippen LogP) is 7.54. The number of ketones is 1. The van der Waals surface area contributed by atoms with Gasteiger partial charge in [-0.3, -0.25) is 9.89 Å². The highest BCUT2D eigenvalue weighted by Gasteiger charge is 2.25. The van der Waals surface area contributed by atoms with Gasteiger partial charge in [0, 0.05) is 16.5 Å². The second-order valence-electron chi connectivity index (χ2n) is 8.50. The van der Waals surface area contributed by atoms with Gasteiger partial charge in [-0.25, -0.2) is 0 Å². The van der Waals surface area contributed by atoms with Crippen molar-refractivity contribution in [2.75, 3.05) is 0 Å². The molecule has 3 nitrogen and oxygen atoms in total. The van der Waals surface area contributed by atoms with Gasteiger partial charge in [-0.05, 0) is 72.6 Å². The molecule has 0 spiro atoms. The lowest BCUT2D eigenvalue weighted by Crippen LogP contribution is -2.19. The summed E-state index contributed by atoms with van der Waals surface area (Å²) in [5.41, 5.74) is 6.03. The van der Waals surface area contributed by atoms with E-state index in [1.54, 1.807) is 0 Å². The number of H-pyrrole nitrogens is 1. The van der Waals surface area contributed by atoms with Crippen molar-refractivity contribution >= 4 is 23.0 Å². The van der Waals surface area contributed by atoms with E-state index in [1.165, 1.54) is 6.20 Å². The molecular weight excluding hydrogens is 423 g/mol. The number of allylic oxidation sites excluding steroid dienone is 2. The van der Waals surface area contributed by atoms with Crippen LogP contribution in [0.2, 0.25) is 5.02 Å². The second kappa shape index (κ2) is 10.3. The molecular formula is C27H30ClFN2O. The third-order valence-corrected chi connectivity index (χ3v) is 6.30. The first-order valence-electron chi connectivity index (χ1n) is 11.1. The smallest absolute Gasteiger partial charge is 0.216 e. The number of carbonyl (C=O) groups excluding carboxylic acids is 1. The average molecular weight is 453 g/mol. The Bertz CT molecular complexity index is 1150. The normalized spacial score (nSPS) is 12.9. The molecule has 1 aromatic heterocycles. The van der Waals surface area contributed by atoms with Gasteiger partial charge in [0.2, 0.25) is 5.95 Å². The summed E-state index contributed by atoms with van der Waals surface area (Å²) in [5.74, 6) is -0.321. The largest absolute Gasteiger partial charge is 0.294 e. The van der Waals surface area contributed by atoms with Gasteiger partial charge in [0.15, 0.2) is 5.78 Å². The van der Waals surface area contributed by atoms with Crippen LogP contribution in [0.4, 0.5) is 4.39 Å². The van der Waals surface area contributed by atoms with E-state index in [4.69, 9.17) is 11.6 Å². The Morgan fingerprint density at radius 3 is 2.56 bits per heavy atom. The maximum absolute atomic E-state index is 14.0. The standard InChI is InChI=1S/C27H30ClFN2O/c1-6-18(12-20-13-21(28)10-8-17(20)5)26(32)22(7-2)23-11-9-19(14-24(23)16(3)4)25-15-30-31-27(25)29/h7-11,13-16,18H,6,12H2,1-5H3,(H,30,31)/b22-7+. The van der Waals surface area contributed by atoms with Crippen molar-refractivity contribution in [3.8, 4) is 11.1 Å². The Kier molecular flexibility index (Phi) is 7.68. The first-order chi connectivity index (χ1) is 15.3. The number of aromatic nitrogens is 2. The number of nitrogens with zero attached hydrogens (tertiary/aromatic N) is 1. The molecule has 1 atom stereocenters. The van der Waals surface area contributed by atoms with Crippen LogP contribution in [0.5, 0.6) is 0 Å². The number of hydrogen-bond acceptors (Lipinski definition) is 2. The molecule has 0 bridgehead atoms. The Balaban J connectivity index is 1.98. The second-order valence-corrected chi connectivity index (χ2v) is 8.94. The number of aromatic amines is 1. The topological polar surface area (TPSA) is 45.8 Å². The number of halogens is 2. The molecule has 0 radical (unpaired) electrons. The molecule has 32 heavy (non-hydrogen) atoms. The molecule has 168 valence electrons. The minimum Gasteiger partial charge on any atom is -0.294 e. The van der Waals surface area contributed by atoms with Crippen LogP contribution in [0.25, 0.3) is 16.7 Å². The highest BCUT2D eigenvalue weighted by atomic mass is 35.5. The molecule has 0 fully saturated rings. The van der Waals surface area contributed by atoms with Crippen LogP contribution in [0, 0.1) is 18.8 Å². The summed E-state index contributed by atoms with van der Waals surface area (Å²) in [6.07, 6.45) is 4.76. The lowest BCUT2D eigenvalue weighted by atomic mass is 9.82. The van der Waals surface area contributed by atoms with Gasteiger partial charge in [0.05, 0.1) is 11.8 Å². The molecule has 0 amide bonds. The first-order valence-corrected chi connectivity index (χ1v) is 11.4. The van der Waals surface area contributed by atoms with E-state index < -0.39 is 5.95 Å². The number of hydrogen-bond donors (Lipinski definition) is 1. The lowest BCUT2D eigenvalue weighted by molar-refractivity contribution is -0.117. The van der Waals surface area contributed by atoms with Crippen LogP contribution in [-0.4, -0.2) is 16.0 Å². The zero-order valence-electron chi connectivity index (χ0n) is 19.3. The van der Waals surface area contributed by atoms with Crippen molar-refractivity contribution in [3.05, 3.63) is 81.9 Å². The van der Waals surface area contributed by atoms with E-state index in [0.717, 1.165) is 34.2 Å². The van der Waals surface area contributed by atoms with Crippen LogP contribution in [0.3, 0.4) is 0 Å². The minimum absolute atomic E-state index is 0.124. The maximum atomic E-state index is 14.0. The molecule has 0 aliphatic heterocycles. The van der Waals surface area contributed by atoms with Crippen molar-refractivity contribution in [2.24, 2.45) is 5.92 Å². The van der Waals surface area contributed by atoms with Gasteiger partial charge in [0.25, 0.3) is 0 Å². The Morgan fingerprint density at radius 1 is 1.22 bits per heavy atom. The molecule has 2 aromatic carbocycles. The van der Waals surface area contributed by atoms with E-state index in [-0.39, 0.29) is 17.6 Å². The molecule has 3 aromatic rings. The van der Waals surface area contributed by atoms with Gasteiger partial charge in [-0.2, -0.15) is 9.49 Å². The Hall–Kier alpha value is -2.72. The molecule has 0 saturated carbocycles. The van der Waals surface area contributed by atoms with Gasteiger partial charge in [-0.15, -0.1) is 0 Å². The molecule has 1 N–H and O–H groups in total. The van der Waals surface area contributed by atoms with Crippen molar-refractivity contribution in [1.82, 2.24) is 10.2 Å². The number of rotatable bonds is 8. The van der Waals surface area contributed by atoms with Crippen molar-refractivity contribution in [3.63, 3.8) is 0 Å². The fourth-order valence-electron chi connectivity index (χ4n) is 4.12. The summed E-state index contributed by atoms with van der Waals surface area (Å²) < 4.78 is 14.0. The van der Waals surface area contributed by atoms with E-state index in [2.05, 4.69) is 24.0 Å². The summed E-state index contributed by atoms with van der Waals surface area (Å²) in [6.45, 7) is 10.2. The quantitative estimate of drug-likeness (QED) is 0.359. The monoisotopic (exact) mass is 452 g/mol. The number of Topliss-reactive ketones (excluding diaryl/α,β-unsaturated/α-hetero) is 1. The van der Waals surface area contributed by atoms with Gasteiger partial charge in [-0.1, -0.05) is 62.7 Å². The van der Waals surface area contributed by atoms with Gasteiger partial charge >= 0.3 is 0 Å². The molecule has 1 unspecified atom stereocenters. The number of benzene rings is 2. The molecule has 1 heterocycles. The van der Waals surface area contributed by atoms with Crippen LogP contribution >= 0.6 is 11.6 Å². The highest BCUT2D eigenvalue weighted by Crippen LogP contribution is 2.34. The minimum atomic E-state index is -0.460. The summed E-state index contributed by atoms with van der Waals surface area (Å²) in [6, 6.07) is 11.6. The van der Waals surface area contributed by atoms with E-state index >= 15 is 0 Å². The fourth-order valence-corrected chi connectivity index (χ4v) is 4.32. The fraction of sp³-hybridized carbons (Fsp3) is 0.333. The van der Waals surface area contributed by atoms with Gasteiger partial charge < -0.3 is 0 Å². The van der Waals surface area contributed by atoms with Crippen LogP contribution in [-0.2, 0) is 11.2 Å². The molecule has 5 heteroatoms. The Labute approximate surface area is 194 Å². The first kappa shape index (κ1) is 23.9. The molecule has 0 saturated heterocycles. The highest BCUT2D eigenvalue weighted by molar-refractivity contribution is 6.30. The van der Waals surface area contributed by atoms with Crippen molar-refractivity contribution in [1.29, 1.82) is 0 Å². The third-order valence-electron chi connectivity index (χ3n) is 6.06. The summed E-state index contributed by atoms with van der Waals surface area (Å²) in [7, 11) is 0. The Morgan fingerprint density at radius 2 is 1.97 bits per heavy atom. The van der Waals surface area contributed by atoms with Crippen molar-refractivity contribution in [2.45, 2.75) is 53.4 Å². The number of nitrogens with one attached hydrogen (secondary N) is 1. The zero-order valence-corrected chi connectivity index (χ0v) is 20.1. The van der Waals surface area contributed by atoms with E-state index in [1.807, 2.05) is 63.2 Å². The SMILES string of the molecule is C/C=C(/C(=O)C(CC)Cc1cc(Cl)ccc1C)c1ccc(-c2cn[nH]c2F)cc1C(C)C. The third kappa shape index (κ3) is 5.02. The van der Waals surface area contributed by atoms with Crippen LogP contribution in [0.15, 0.2) is 48.7 Å². The van der Waals surface area contributed by atoms with E-state index in [0.29, 0.717) is 22.6 Å². The zero-order chi connectivity index (χ0) is 23.4. The predicted molar refractivity (Wildman–Crippen MR) is 130 cm³/mol. The number of carbonyl (C=O) groups is 1.